The lowest BCUT2D eigenvalue weighted by Crippen LogP contribution is -2.56. The molecule has 2 heterocycles. The number of carbonyl (C=O) groups is 2. The Morgan fingerprint density at radius 3 is 2.78 bits per heavy atom. The van der Waals surface area contributed by atoms with Gasteiger partial charge in [-0.2, -0.15) is 0 Å². The zero-order valence-corrected chi connectivity index (χ0v) is 13.9. The predicted octanol–water partition coefficient (Wildman–Crippen LogP) is 1.55. The minimum Gasteiger partial charge on any atom is -0.340 e. The summed E-state index contributed by atoms with van der Waals surface area (Å²) in [5.74, 6) is 0.0417. The van der Waals surface area contributed by atoms with Crippen LogP contribution in [0.1, 0.15) is 32.3 Å². The molecular weight excluding hydrogens is 290 g/mol. The summed E-state index contributed by atoms with van der Waals surface area (Å²) in [6, 6.07) is 7.96. The van der Waals surface area contributed by atoms with Gasteiger partial charge in [-0.05, 0) is 29.9 Å². The van der Waals surface area contributed by atoms with E-state index in [-0.39, 0.29) is 29.8 Å². The number of nitrogens with two attached hydrogens (primary N) is 1. The molecule has 124 valence electrons. The van der Waals surface area contributed by atoms with Gasteiger partial charge >= 0.3 is 0 Å². The van der Waals surface area contributed by atoms with Crippen LogP contribution < -0.4 is 10.6 Å². The number of para-hydroxylation sites is 1. The van der Waals surface area contributed by atoms with E-state index >= 15 is 0 Å². The van der Waals surface area contributed by atoms with Crippen LogP contribution in [0.15, 0.2) is 24.3 Å². The molecule has 1 saturated heterocycles. The fraction of sp³-hybridized carbons (Fsp3) is 0.556. The van der Waals surface area contributed by atoms with E-state index in [0.29, 0.717) is 19.5 Å². The van der Waals surface area contributed by atoms with Gasteiger partial charge < -0.3 is 15.5 Å². The van der Waals surface area contributed by atoms with Gasteiger partial charge in [0.15, 0.2) is 0 Å². The topological polar surface area (TPSA) is 66.6 Å². The molecule has 0 bridgehead atoms. The number of amides is 2. The van der Waals surface area contributed by atoms with E-state index in [4.69, 9.17) is 5.73 Å². The van der Waals surface area contributed by atoms with Crippen LogP contribution in [0.4, 0.5) is 5.69 Å². The number of hydrogen-bond acceptors (Lipinski definition) is 3. The molecule has 0 aromatic heterocycles. The van der Waals surface area contributed by atoms with Gasteiger partial charge in [0.05, 0.1) is 0 Å². The van der Waals surface area contributed by atoms with Gasteiger partial charge in [-0.1, -0.05) is 32.0 Å². The number of likely N-dealkylation sites (tertiary alicyclic amines) is 1. The number of hydrogen-bond donors (Lipinski definition) is 1. The fourth-order valence-corrected chi connectivity index (χ4v) is 3.49. The third-order valence-electron chi connectivity index (χ3n) is 5.15. The summed E-state index contributed by atoms with van der Waals surface area (Å²) in [5.41, 5.74) is 8.08. The maximum absolute atomic E-state index is 12.7. The Bertz CT molecular complexity index is 626. The lowest BCUT2D eigenvalue weighted by Gasteiger charge is -2.43. The van der Waals surface area contributed by atoms with Gasteiger partial charge in [-0.15, -0.1) is 0 Å². The van der Waals surface area contributed by atoms with E-state index in [2.05, 4.69) is 13.8 Å². The van der Waals surface area contributed by atoms with E-state index < -0.39 is 0 Å². The summed E-state index contributed by atoms with van der Waals surface area (Å²) in [7, 11) is 0. The van der Waals surface area contributed by atoms with Crippen molar-refractivity contribution in [3.8, 4) is 0 Å². The van der Waals surface area contributed by atoms with Crippen LogP contribution in [-0.2, 0) is 16.0 Å². The number of nitrogens with zero attached hydrogens (tertiary/aromatic N) is 2. The third kappa shape index (κ3) is 3.11. The SMILES string of the molecule is CC1(C)CN(C(=O)CN2C(=O)CCc3ccccc32)CCC1N. The first-order valence-corrected chi connectivity index (χ1v) is 8.30. The lowest BCUT2D eigenvalue weighted by atomic mass is 9.79. The average molecular weight is 315 g/mol. The van der Waals surface area contributed by atoms with Crippen LogP contribution in [0.2, 0.25) is 0 Å². The van der Waals surface area contributed by atoms with E-state index in [0.717, 1.165) is 24.1 Å². The highest BCUT2D eigenvalue weighted by Gasteiger charge is 2.36. The number of rotatable bonds is 2. The van der Waals surface area contributed by atoms with Gasteiger partial charge in [-0.25, -0.2) is 0 Å². The Hall–Kier alpha value is -1.88. The van der Waals surface area contributed by atoms with Crippen molar-refractivity contribution in [2.75, 3.05) is 24.5 Å². The molecule has 0 spiro atoms. The van der Waals surface area contributed by atoms with Crippen molar-refractivity contribution in [2.24, 2.45) is 11.1 Å². The molecule has 0 aliphatic carbocycles. The Balaban J connectivity index is 1.74. The van der Waals surface area contributed by atoms with Crippen molar-refractivity contribution in [1.29, 1.82) is 0 Å². The molecule has 1 aromatic carbocycles. The molecule has 23 heavy (non-hydrogen) atoms. The monoisotopic (exact) mass is 315 g/mol. The van der Waals surface area contributed by atoms with Crippen LogP contribution in [0.3, 0.4) is 0 Å². The van der Waals surface area contributed by atoms with Crippen molar-refractivity contribution in [1.82, 2.24) is 4.90 Å². The fourth-order valence-electron chi connectivity index (χ4n) is 3.49. The molecule has 1 aromatic rings. The van der Waals surface area contributed by atoms with Crippen molar-refractivity contribution >= 4 is 17.5 Å². The number of piperidine rings is 1. The molecule has 1 atom stereocenters. The molecule has 1 unspecified atom stereocenters. The maximum atomic E-state index is 12.7. The molecule has 0 saturated carbocycles. The van der Waals surface area contributed by atoms with Crippen molar-refractivity contribution in [3.63, 3.8) is 0 Å². The number of anilines is 1. The lowest BCUT2D eigenvalue weighted by molar-refractivity contribution is -0.134. The van der Waals surface area contributed by atoms with E-state index in [9.17, 15) is 9.59 Å². The second-order valence-corrected chi connectivity index (χ2v) is 7.31. The molecular formula is C18H25N3O2. The third-order valence-corrected chi connectivity index (χ3v) is 5.15. The standard InChI is InChI=1S/C18H25N3O2/c1-18(2)12-20(10-9-15(18)19)17(23)11-21-14-6-4-3-5-13(14)7-8-16(21)22/h3-6,15H,7-12,19H2,1-2H3. The van der Waals surface area contributed by atoms with Gasteiger partial charge in [0.2, 0.25) is 11.8 Å². The molecule has 2 aliphatic rings. The van der Waals surface area contributed by atoms with Crippen LogP contribution in [0.25, 0.3) is 0 Å². The van der Waals surface area contributed by atoms with Crippen molar-refractivity contribution < 1.29 is 9.59 Å². The first-order valence-electron chi connectivity index (χ1n) is 8.30. The zero-order chi connectivity index (χ0) is 16.6. The largest absolute Gasteiger partial charge is 0.340 e. The highest BCUT2D eigenvalue weighted by molar-refractivity contribution is 6.01. The highest BCUT2D eigenvalue weighted by atomic mass is 16.2. The molecule has 5 heteroatoms. The Morgan fingerprint density at radius 2 is 2.04 bits per heavy atom. The zero-order valence-electron chi connectivity index (χ0n) is 13.9. The van der Waals surface area contributed by atoms with Crippen molar-refractivity contribution in [3.05, 3.63) is 29.8 Å². The van der Waals surface area contributed by atoms with Gasteiger partial charge in [-0.3, -0.25) is 9.59 Å². The van der Waals surface area contributed by atoms with Crippen LogP contribution in [0, 0.1) is 5.41 Å². The smallest absolute Gasteiger partial charge is 0.242 e. The summed E-state index contributed by atoms with van der Waals surface area (Å²) in [6.45, 7) is 5.64. The van der Waals surface area contributed by atoms with Crippen LogP contribution >= 0.6 is 0 Å². The number of aryl methyl sites for hydroxylation is 1. The summed E-state index contributed by atoms with van der Waals surface area (Å²) >= 11 is 0. The summed E-state index contributed by atoms with van der Waals surface area (Å²) in [6.07, 6.45) is 2.04. The second kappa shape index (κ2) is 5.96. The summed E-state index contributed by atoms with van der Waals surface area (Å²) in [5, 5.41) is 0. The van der Waals surface area contributed by atoms with Gasteiger partial charge in [0.25, 0.3) is 0 Å². The normalized spacial score (nSPS) is 23.6. The molecule has 3 rings (SSSR count). The summed E-state index contributed by atoms with van der Waals surface area (Å²) < 4.78 is 0. The first kappa shape index (κ1) is 16.0. The molecule has 2 N–H and O–H groups in total. The number of fused-ring (bicyclic) bond motifs is 1. The van der Waals surface area contributed by atoms with E-state index in [1.807, 2.05) is 29.2 Å². The van der Waals surface area contributed by atoms with Gasteiger partial charge in [0, 0.05) is 31.2 Å². The quantitative estimate of drug-likeness (QED) is 0.900. The highest BCUT2D eigenvalue weighted by Crippen LogP contribution is 2.30. The Morgan fingerprint density at radius 1 is 1.30 bits per heavy atom. The molecule has 5 nitrogen and oxygen atoms in total. The van der Waals surface area contributed by atoms with E-state index in [1.165, 1.54) is 0 Å². The van der Waals surface area contributed by atoms with Crippen molar-refractivity contribution in [2.45, 2.75) is 39.2 Å². The predicted molar refractivity (Wildman–Crippen MR) is 90.1 cm³/mol. The van der Waals surface area contributed by atoms with Crippen LogP contribution in [-0.4, -0.2) is 42.4 Å². The molecule has 2 aliphatic heterocycles. The maximum Gasteiger partial charge on any atom is 0.242 e. The number of carbonyl (C=O) groups excluding carboxylic acids is 2. The Labute approximate surface area is 137 Å². The number of benzene rings is 1. The summed E-state index contributed by atoms with van der Waals surface area (Å²) in [4.78, 5) is 28.5. The second-order valence-electron chi connectivity index (χ2n) is 7.31. The Kier molecular flexibility index (Phi) is 4.15. The minimum absolute atomic E-state index is 0.00929. The first-order chi connectivity index (χ1) is 10.9. The molecule has 0 radical (unpaired) electrons. The average Bonchev–Trinajstić information content (AvgIpc) is 2.52. The minimum atomic E-state index is -0.0856. The molecule has 1 fully saturated rings. The molecule has 2 amide bonds. The van der Waals surface area contributed by atoms with Gasteiger partial charge in [0.1, 0.15) is 6.54 Å². The van der Waals surface area contributed by atoms with E-state index in [1.54, 1.807) is 4.90 Å². The van der Waals surface area contributed by atoms with Crippen LogP contribution in [0.5, 0.6) is 0 Å².